The summed E-state index contributed by atoms with van der Waals surface area (Å²) >= 11 is 0. The third kappa shape index (κ3) is 3.26. The number of anilines is 1. The zero-order valence-electron chi connectivity index (χ0n) is 13.5. The maximum Gasteiger partial charge on any atom is 0.255 e. The molecule has 0 atom stereocenters. The summed E-state index contributed by atoms with van der Waals surface area (Å²) in [5.74, 6) is 0.300. The van der Waals surface area contributed by atoms with E-state index in [1.807, 2.05) is 45.0 Å². The predicted molar refractivity (Wildman–Crippen MR) is 89.2 cm³/mol. The van der Waals surface area contributed by atoms with Crippen LogP contribution in [0, 0.1) is 6.92 Å². The first kappa shape index (κ1) is 15.3. The van der Waals surface area contributed by atoms with Crippen LogP contribution >= 0.6 is 0 Å². The molecule has 2 aromatic rings. The molecule has 4 heteroatoms. The van der Waals surface area contributed by atoms with Crippen molar-refractivity contribution < 1.29 is 14.3 Å². The zero-order chi connectivity index (χ0) is 16.6. The van der Waals surface area contributed by atoms with Gasteiger partial charge in [0.25, 0.3) is 5.91 Å². The second-order valence-corrected chi connectivity index (χ2v) is 6.49. The molecule has 0 aromatic heterocycles. The number of benzene rings is 2. The molecule has 0 saturated carbocycles. The lowest BCUT2D eigenvalue weighted by molar-refractivity contribution is 0.0620. The molecule has 0 fully saturated rings. The molecule has 0 bridgehead atoms. The summed E-state index contributed by atoms with van der Waals surface area (Å²) in [4.78, 5) is 24.6. The zero-order valence-corrected chi connectivity index (χ0v) is 13.5. The maximum atomic E-state index is 12.4. The second-order valence-electron chi connectivity index (χ2n) is 6.49. The monoisotopic (exact) mass is 309 g/mol. The minimum Gasteiger partial charge on any atom is -0.487 e. The molecule has 2 aromatic carbocycles. The highest BCUT2D eigenvalue weighted by Crippen LogP contribution is 2.33. The summed E-state index contributed by atoms with van der Waals surface area (Å²) in [5.41, 5.74) is 2.27. The normalized spacial score (nSPS) is 15.5. The van der Waals surface area contributed by atoms with E-state index in [-0.39, 0.29) is 11.7 Å². The second kappa shape index (κ2) is 5.54. The lowest BCUT2D eigenvalue weighted by Crippen LogP contribution is -2.36. The van der Waals surface area contributed by atoms with Gasteiger partial charge in [0.2, 0.25) is 0 Å². The fourth-order valence-electron chi connectivity index (χ4n) is 2.63. The van der Waals surface area contributed by atoms with Crippen molar-refractivity contribution in [3.63, 3.8) is 0 Å². The Balaban J connectivity index is 1.84. The summed E-state index contributed by atoms with van der Waals surface area (Å²) in [6, 6.07) is 12.5. The Hall–Kier alpha value is -2.62. The van der Waals surface area contributed by atoms with E-state index in [1.165, 1.54) is 0 Å². The Morgan fingerprint density at radius 3 is 2.52 bits per heavy atom. The van der Waals surface area contributed by atoms with Crippen LogP contribution in [0.4, 0.5) is 5.69 Å². The van der Waals surface area contributed by atoms with Crippen LogP contribution in [0.5, 0.6) is 5.75 Å². The Kier molecular flexibility index (Phi) is 3.68. The van der Waals surface area contributed by atoms with Gasteiger partial charge in [-0.25, -0.2) is 0 Å². The van der Waals surface area contributed by atoms with Gasteiger partial charge in [-0.15, -0.1) is 0 Å². The molecule has 0 radical (unpaired) electrons. The van der Waals surface area contributed by atoms with Crippen LogP contribution in [0.2, 0.25) is 0 Å². The van der Waals surface area contributed by atoms with Gasteiger partial charge in [-0.05, 0) is 51.1 Å². The number of fused-ring (bicyclic) bond motifs is 1. The number of hydrogen-bond acceptors (Lipinski definition) is 3. The van der Waals surface area contributed by atoms with Gasteiger partial charge in [0.15, 0.2) is 5.78 Å². The summed E-state index contributed by atoms with van der Waals surface area (Å²) in [7, 11) is 0. The highest BCUT2D eigenvalue weighted by atomic mass is 16.5. The molecular weight excluding hydrogens is 290 g/mol. The summed E-state index contributed by atoms with van der Waals surface area (Å²) in [5, 5.41) is 2.83. The minimum atomic E-state index is -0.504. The van der Waals surface area contributed by atoms with E-state index < -0.39 is 5.60 Å². The highest BCUT2D eigenvalue weighted by molar-refractivity contribution is 6.07. The predicted octanol–water partition coefficient (Wildman–Crippen LogP) is 3.99. The first-order valence-corrected chi connectivity index (χ1v) is 7.58. The summed E-state index contributed by atoms with van der Waals surface area (Å²) in [6.07, 6.45) is 0.309. The summed E-state index contributed by atoms with van der Waals surface area (Å²) in [6.45, 7) is 5.75. The van der Waals surface area contributed by atoms with Crippen LogP contribution in [-0.2, 0) is 0 Å². The molecule has 23 heavy (non-hydrogen) atoms. The Bertz CT molecular complexity index is 776. The van der Waals surface area contributed by atoms with Crippen molar-refractivity contribution in [2.45, 2.75) is 32.8 Å². The van der Waals surface area contributed by atoms with E-state index in [0.29, 0.717) is 23.3 Å². The van der Waals surface area contributed by atoms with Crippen molar-refractivity contribution in [2.75, 3.05) is 5.32 Å². The molecule has 1 N–H and O–H groups in total. The van der Waals surface area contributed by atoms with Gasteiger partial charge in [0.05, 0.1) is 12.0 Å². The molecule has 118 valence electrons. The Labute approximate surface area is 135 Å². The number of ether oxygens (including phenoxy) is 1. The molecule has 3 rings (SSSR count). The molecule has 1 amide bonds. The number of hydrogen-bond donors (Lipinski definition) is 1. The average molecular weight is 309 g/mol. The number of amides is 1. The molecule has 0 saturated heterocycles. The van der Waals surface area contributed by atoms with Crippen LogP contribution in [0.25, 0.3) is 0 Å². The van der Waals surface area contributed by atoms with Crippen molar-refractivity contribution >= 4 is 17.4 Å². The Morgan fingerprint density at radius 1 is 1.13 bits per heavy atom. The summed E-state index contributed by atoms with van der Waals surface area (Å²) < 4.78 is 5.80. The van der Waals surface area contributed by atoms with Gasteiger partial charge in [0.1, 0.15) is 11.4 Å². The van der Waals surface area contributed by atoms with Crippen molar-refractivity contribution in [1.82, 2.24) is 0 Å². The largest absolute Gasteiger partial charge is 0.487 e. The van der Waals surface area contributed by atoms with E-state index in [0.717, 1.165) is 11.3 Å². The van der Waals surface area contributed by atoms with Crippen LogP contribution in [0.3, 0.4) is 0 Å². The number of carbonyl (C=O) groups is 2. The molecular formula is C19H19NO3. The molecule has 1 heterocycles. The van der Waals surface area contributed by atoms with Gasteiger partial charge in [0, 0.05) is 11.3 Å². The van der Waals surface area contributed by atoms with Crippen molar-refractivity contribution in [3.8, 4) is 5.75 Å². The number of rotatable bonds is 2. The van der Waals surface area contributed by atoms with Crippen LogP contribution < -0.4 is 10.1 Å². The SMILES string of the molecule is Cc1ccc(NC(=O)c2ccc3c(c2)C(=O)CC(C)(C)O3)cc1. The molecule has 0 aliphatic carbocycles. The topological polar surface area (TPSA) is 55.4 Å². The average Bonchev–Trinajstić information content (AvgIpc) is 2.48. The fourth-order valence-corrected chi connectivity index (χ4v) is 2.63. The van der Waals surface area contributed by atoms with E-state index in [4.69, 9.17) is 4.74 Å². The van der Waals surface area contributed by atoms with Gasteiger partial charge in [-0.3, -0.25) is 9.59 Å². The lowest BCUT2D eigenvalue weighted by atomic mass is 9.92. The van der Waals surface area contributed by atoms with Gasteiger partial charge in [-0.2, -0.15) is 0 Å². The van der Waals surface area contributed by atoms with E-state index in [2.05, 4.69) is 5.32 Å². The van der Waals surface area contributed by atoms with Crippen LogP contribution in [0.15, 0.2) is 42.5 Å². The number of Topliss-reactive ketones (excluding diaryl/α,β-unsaturated/α-hetero) is 1. The number of aryl methyl sites for hydroxylation is 1. The van der Waals surface area contributed by atoms with E-state index in [1.54, 1.807) is 18.2 Å². The standard InChI is InChI=1S/C19H19NO3/c1-12-4-7-14(8-5-12)20-18(22)13-6-9-17-15(10-13)16(21)11-19(2,3)23-17/h4-10H,11H2,1-3H3,(H,20,22). The third-order valence-electron chi connectivity index (χ3n) is 3.82. The third-order valence-corrected chi connectivity index (χ3v) is 3.82. The fraction of sp³-hybridized carbons (Fsp3) is 0.263. The number of ketones is 1. The number of carbonyl (C=O) groups excluding carboxylic acids is 2. The number of nitrogens with one attached hydrogen (secondary N) is 1. The van der Waals surface area contributed by atoms with E-state index in [9.17, 15) is 9.59 Å². The molecule has 0 spiro atoms. The van der Waals surface area contributed by atoms with Gasteiger partial charge < -0.3 is 10.1 Å². The maximum absolute atomic E-state index is 12.4. The molecule has 0 unspecified atom stereocenters. The van der Waals surface area contributed by atoms with Crippen molar-refractivity contribution in [1.29, 1.82) is 0 Å². The lowest BCUT2D eigenvalue weighted by Gasteiger charge is -2.31. The van der Waals surface area contributed by atoms with E-state index >= 15 is 0 Å². The van der Waals surface area contributed by atoms with Crippen molar-refractivity contribution in [3.05, 3.63) is 59.2 Å². The van der Waals surface area contributed by atoms with Crippen molar-refractivity contribution in [2.24, 2.45) is 0 Å². The molecule has 1 aliphatic rings. The Morgan fingerprint density at radius 2 is 1.83 bits per heavy atom. The molecule has 4 nitrogen and oxygen atoms in total. The molecule has 1 aliphatic heterocycles. The minimum absolute atomic E-state index is 0.00114. The first-order chi connectivity index (χ1) is 10.8. The van der Waals surface area contributed by atoms with Crippen LogP contribution in [-0.4, -0.2) is 17.3 Å². The van der Waals surface area contributed by atoms with Gasteiger partial charge >= 0.3 is 0 Å². The highest BCUT2D eigenvalue weighted by Gasteiger charge is 2.32. The van der Waals surface area contributed by atoms with Gasteiger partial charge in [-0.1, -0.05) is 17.7 Å². The first-order valence-electron chi connectivity index (χ1n) is 7.58. The smallest absolute Gasteiger partial charge is 0.255 e. The van der Waals surface area contributed by atoms with Crippen LogP contribution in [0.1, 0.15) is 46.5 Å². The quantitative estimate of drug-likeness (QED) is 0.912.